The Morgan fingerprint density at radius 3 is 3.09 bits per heavy atom. The zero-order chi connectivity index (χ0) is 15.8. The fourth-order valence-corrected chi connectivity index (χ4v) is 4.00. The number of carbonyl (C=O) groups is 1. The Kier molecular flexibility index (Phi) is 4.09. The van der Waals surface area contributed by atoms with Crippen LogP contribution >= 0.6 is 0 Å². The third-order valence-electron chi connectivity index (χ3n) is 5.15. The van der Waals surface area contributed by atoms with Crippen LogP contribution in [0.4, 0.5) is 0 Å². The molecule has 0 bridgehead atoms. The average Bonchev–Trinajstić information content (AvgIpc) is 3.26. The standard InChI is InChI=1S/C16H24N4O3/c1-18-7-12(6-17-18)8-19-9-14-13(11-22-15(14)10-19)5-16(21)20-3-2-4-23-20/h6-7,13-15H,2-5,8-11H2,1H3/t13-,14+,15+/m1/s1. The van der Waals surface area contributed by atoms with E-state index in [1.54, 1.807) is 0 Å². The minimum atomic E-state index is 0.113. The van der Waals surface area contributed by atoms with E-state index >= 15 is 0 Å². The average molecular weight is 320 g/mol. The van der Waals surface area contributed by atoms with E-state index in [1.165, 1.54) is 10.6 Å². The van der Waals surface area contributed by atoms with Crippen LogP contribution in [0.2, 0.25) is 0 Å². The van der Waals surface area contributed by atoms with Crippen LogP contribution in [0, 0.1) is 11.8 Å². The van der Waals surface area contributed by atoms with Crippen LogP contribution in [-0.4, -0.2) is 64.6 Å². The number of likely N-dealkylation sites (tertiary alicyclic amines) is 1. The third-order valence-corrected chi connectivity index (χ3v) is 5.15. The SMILES string of the molecule is Cn1cc(CN2C[C@H]3[C@H](CC(=O)N4CCCO4)CO[C@H]3C2)cn1. The molecule has 0 radical (unpaired) electrons. The van der Waals surface area contributed by atoms with E-state index in [0.717, 1.165) is 32.6 Å². The molecule has 23 heavy (non-hydrogen) atoms. The Morgan fingerprint density at radius 2 is 2.35 bits per heavy atom. The van der Waals surface area contributed by atoms with Crippen molar-refractivity contribution in [2.24, 2.45) is 18.9 Å². The van der Waals surface area contributed by atoms with Gasteiger partial charge in [0.1, 0.15) is 0 Å². The molecule has 1 aromatic rings. The maximum Gasteiger partial charge on any atom is 0.246 e. The van der Waals surface area contributed by atoms with Crippen molar-refractivity contribution in [1.82, 2.24) is 19.7 Å². The van der Waals surface area contributed by atoms with Crippen LogP contribution in [-0.2, 0) is 28.0 Å². The lowest BCUT2D eigenvalue weighted by Gasteiger charge is -2.21. The van der Waals surface area contributed by atoms with Crippen molar-refractivity contribution in [3.8, 4) is 0 Å². The molecule has 3 saturated heterocycles. The third kappa shape index (κ3) is 3.13. The van der Waals surface area contributed by atoms with Gasteiger partial charge in [0.2, 0.25) is 5.91 Å². The first kappa shape index (κ1) is 15.1. The Hall–Kier alpha value is -1.44. The zero-order valence-corrected chi connectivity index (χ0v) is 13.6. The van der Waals surface area contributed by atoms with E-state index in [4.69, 9.17) is 9.57 Å². The van der Waals surface area contributed by atoms with Gasteiger partial charge in [-0.05, 0) is 12.3 Å². The second kappa shape index (κ2) is 6.22. The number of amides is 1. The molecule has 3 aliphatic rings. The summed E-state index contributed by atoms with van der Waals surface area (Å²) < 4.78 is 7.79. The van der Waals surface area contributed by atoms with Crippen molar-refractivity contribution in [2.45, 2.75) is 25.5 Å². The summed E-state index contributed by atoms with van der Waals surface area (Å²) in [6, 6.07) is 0. The summed E-state index contributed by atoms with van der Waals surface area (Å²) in [4.78, 5) is 20.1. The lowest BCUT2D eigenvalue weighted by atomic mass is 9.90. The highest BCUT2D eigenvalue weighted by Crippen LogP contribution is 2.36. The second-order valence-electron chi connectivity index (χ2n) is 6.90. The highest BCUT2D eigenvalue weighted by Gasteiger charge is 2.44. The molecule has 3 atom stereocenters. The maximum atomic E-state index is 12.3. The fourth-order valence-electron chi connectivity index (χ4n) is 4.00. The summed E-state index contributed by atoms with van der Waals surface area (Å²) in [5.41, 5.74) is 1.23. The summed E-state index contributed by atoms with van der Waals surface area (Å²) in [6.45, 7) is 4.95. The lowest BCUT2D eigenvalue weighted by Crippen LogP contribution is -2.31. The van der Waals surface area contributed by atoms with Gasteiger partial charge < -0.3 is 4.74 Å². The predicted octanol–water partition coefficient (Wildman–Crippen LogP) is 0.421. The number of hydrogen-bond donors (Lipinski definition) is 0. The Labute approximate surface area is 136 Å². The second-order valence-corrected chi connectivity index (χ2v) is 6.90. The van der Waals surface area contributed by atoms with Crippen LogP contribution in [0.3, 0.4) is 0 Å². The first-order valence-electron chi connectivity index (χ1n) is 8.44. The van der Waals surface area contributed by atoms with Crippen molar-refractivity contribution in [1.29, 1.82) is 0 Å². The summed E-state index contributed by atoms with van der Waals surface area (Å²) in [5.74, 6) is 0.885. The molecule has 3 fully saturated rings. The van der Waals surface area contributed by atoms with Crippen LogP contribution in [0.1, 0.15) is 18.4 Å². The molecule has 126 valence electrons. The molecule has 4 rings (SSSR count). The van der Waals surface area contributed by atoms with E-state index in [-0.39, 0.29) is 12.0 Å². The van der Waals surface area contributed by atoms with Crippen molar-refractivity contribution < 1.29 is 14.4 Å². The monoisotopic (exact) mass is 320 g/mol. The van der Waals surface area contributed by atoms with Gasteiger partial charge in [0.05, 0.1) is 32.1 Å². The quantitative estimate of drug-likeness (QED) is 0.805. The fraction of sp³-hybridized carbons (Fsp3) is 0.750. The number of aromatic nitrogens is 2. The zero-order valence-electron chi connectivity index (χ0n) is 13.6. The van der Waals surface area contributed by atoms with E-state index in [1.807, 2.05) is 17.9 Å². The normalized spacial score (nSPS) is 31.0. The lowest BCUT2D eigenvalue weighted by molar-refractivity contribution is -0.170. The number of carbonyl (C=O) groups excluding carboxylic acids is 1. The van der Waals surface area contributed by atoms with E-state index in [0.29, 0.717) is 31.5 Å². The maximum absolute atomic E-state index is 12.3. The van der Waals surface area contributed by atoms with Crippen molar-refractivity contribution in [3.05, 3.63) is 18.0 Å². The molecule has 1 aromatic heterocycles. The molecular weight excluding hydrogens is 296 g/mol. The summed E-state index contributed by atoms with van der Waals surface area (Å²) in [5, 5.41) is 5.76. The van der Waals surface area contributed by atoms with Crippen molar-refractivity contribution >= 4 is 5.91 Å². The molecule has 0 aliphatic carbocycles. The van der Waals surface area contributed by atoms with Gasteiger partial charge in [0.15, 0.2) is 0 Å². The Balaban J connectivity index is 1.33. The van der Waals surface area contributed by atoms with Crippen molar-refractivity contribution in [2.75, 3.05) is 32.8 Å². The minimum absolute atomic E-state index is 0.113. The van der Waals surface area contributed by atoms with Gasteiger partial charge in [-0.25, -0.2) is 5.06 Å². The number of ether oxygens (including phenoxy) is 1. The predicted molar refractivity (Wildman–Crippen MR) is 82.1 cm³/mol. The van der Waals surface area contributed by atoms with Gasteiger partial charge in [0, 0.05) is 50.8 Å². The molecular formula is C16H24N4O3. The van der Waals surface area contributed by atoms with Gasteiger partial charge >= 0.3 is 0 Å². The first-order valence-corrected chi connectivity index (χ1v) is 8.44. The summed E-state index contributed by atoms with van der Waals surface area (Å²) in [7, 11) is 1.94. The molecule has 0 saturated carbocycles. The minimum Gasteiger partial charge on any atom is -0.376 e. The molecule has 0 N–H and O–H groups in total. The number of hydrogen-bond acceptors (Lipinski definition) is 5. The summed E-state index contributed by atoms with van der Waals surface area (Å²) in [6.07, 6.45) is 5.73. The van der Waals surface area contributed by atoms with Crippen LogP contribution < -0.4 is 0 Å². The molecule has 4 heterocycles. The van der Waals surface area contributed by atoms with Crippen LogP contribution in [0.15, 0.2) is 12.4 Å². The number of fused-ring (bicyclic) bond motifs is 1. The highest BCUT2D eigenvalue weighted by molar-refractivity contribution is 5.75. The summed E-state index contributed by atoms with van der Waals surface area (Å²) >= 11 is 0. The smallest absolute Gasteiger partial charge is 0.246 e. The van der Waals surface area contributed by atoms with Gasteiger partial charge in [-0.2, -0.15) is 5.10 Å². The first-order chi connectivity index (χ1) is 11.2. The number of aryl methyl sites for hydroxylation is 1. The topological polar surface area (TPSA) is 59.8 Å². The molecule has 0 aromatic carbocycles. The molecule has 0 spiro atoms. The molecule has 0 unspecified atom stereocenters. The van der Waals surface area contributed by atoms with Gasteiger partial charge in [-0.15, -0.1) is 0 Å². The molecule has 7 nitrogen and oxygen atoms in total. The largest absolute Gasteiger partial charge is 0.376 e. The van der Waals surface area contributed by atoms with Gasteiger partial charge in [0.25, 0.3) is 0 Å². The van der Waals surface area contributed by atoms with Gasteiger partial charge in [-0.3, -0.25) is 19.2 Å². The number of hydroxylamine groups is 2. The Morgan fingerprint density at radius 1 is 1.43 bits per heavy atom. The van der Waals surface area contributed by atoms with E-state index in [9.17, 15) is 4.79 Å². The molecule has 7 heteroatoms. The van der Waals surface area contributed by atoms with E-state index in [2.05, 4.69) is 16.2 Å². The van der Waals surface area contributed by atoms with Crippen LogP contribution in [0.5, 0.6) is 0 Å². The van der Waals surface area contributed by atoms with Crippen LogP contribution in [0.25, 0.3) is 0 Å². The van der Waals surface area contributed by atoms with Gasteiger partial charge in [-0.1, -0.05) is 0 Å². The Bertz CT molecular complexity index is 569. The highest BCUT2D eigenvalue weighted by atomic mass is 16.7. The molecule has 3 aliphatic heterocycles. The van der Waals surface area contributed by atoms with Crippen molar-refractivity contribution in [3.63, 3.8) is 0 Å². The molecule has 1 amide bonds. The van der Waals surface area contributed by atoms with E-state index < -0.39 is 0 Å². The number of rotatable bonds is 4. The number of nitrogens with zero attached hydrogens (tertiary/aromatic N) is 4.